The Kier molecular flexibility index (Phi) is 4.97. The molecule has 1 saturated heterocycles. The number of hydrogen-bond acceptors (Lipinski definition) is 4. The molecule has 1 aromatic carbocycles. The van der Waals surface area contributed by atoms with E-state index in [0.717, 1.165) is 31.9 Å². The van der Waals surface area contributed by atoms with Gasteiger partial charge in [-0.25, -0.2) is 4.98 Å². The lowest BCUT2D eigenvalue weighted by molar-refractivity contribution is 0.184. The Labute approximate surface area is 125 Å². The normalized spacial score (nSPS) is 19.7. The molecular weight excluding hydrogens is 262 g/mol. The van der Waals surface area contributed by atoms with Gasteiger partial charge in [0.05, 0.1) is 0 Å². The van der Waals surface area contributed by atoms with Crippen molar-refractivity contribution in [2.75, 3.05) is 19.6 Å². The first-order valence-electron chi connectivity index (χ1n) is 7.74. The standard InChI is InChI=1S/C16H23N5/c1-2-5-14(6-3-1)11-21-10-4-7-15(12-21)17-9-8-16-18-13-19-20-16/h1-3,5-6,13,15,17H,4,7-12H2,(H,18,19,20). The Morgan fingerprint density at radius 3 is 3.00 bits per heavy atom. The van der Waals surface area contributed by atoms with Crippen molar-refractivity contribution >= 4 is 0 Å². The summed E-state index contributed by atoms with van der Waals surface area (Å²) in [5.41, 5.74) is 1.40. The third-order valence-corrected chi connectivity index (χ3v) is 4.01. The topological polar surface area (TPSA) is 56.8 Å². The van der Waals surface area contributed by atoms with E-state index in [9.17, 15) is 0 Å². The molecule has 2 heterocycles. The number of likely N-dealkylation sites (tertiary alicyclic amines) is 1. The largest absolute Gasteiger partial charge is 0.312 e. The van der Waals surface area contributed by atoms with Gasteiger partial charge in [-0.15, -0.1) is 0 Å². The minimum absolute atomic E-state index is 0.588. The van der Waals surface area contributed by atoms with E-state index in [1.54, 1.807) is 6.33 Å². The number of rotatable bonds is 6. The van der Waals surface area contributed by atoms with Gasteiger partial charge >= 0.3 is 0 Å². The molecule has 0 radical (unpaired) electrons. The van der Waals surface area contributed by atoms with Gasteiger partial charge in [0, 0.05) is 32.1 Å². The third-order valence-electron chi connectivity index (χ3n) is 4.01. The highest BCUT2D eigenvalue weighted by atomic mass is 15.2. The number of H-pyrrole nitrogens is 1. The Morgan fingerprint density at radius 1 is 1.29 bits per heavy atom. The van der Waals surface area contributed by atoms with E-state index in [2.05, 4.69) is 55.7 Å². The van der Waals surface area contributed by atoms with Crippen molar-refractivity contribution in [3.05, 3.63) is 48.0 Å². The summed E-state index contributed by atoms with van der Waals surface area (Å²) in [6, 6.07) is 11.3. The first kappa shape index (κ1) is 14.2. The molecule has 1 fully saturated rings. The predicted octanol–water partition coefficient (Wildman–Crippen LogP) is 1.60. The average Bonchev–Trinajstić information content (AvgIpc) is 3.02. The molecule has 112 valence electrons. The van der Waals surface area contributed by atoms with E-state index in [-0.39, 0.29) is 0 Å². The third kappa shape index (κ3) is 4.37. The van der Waals surface area contributed by atoms with E-state index in [0.29, 0.717) is 6.04 Å². The van der Waals surface area contributed by atoms with Crippen molar-refractivity contribution in [1.82, 2.24) is 25.4 Å². The van der Waals surface area contributed by atoms with Gasteiger partial charge in [0.15, 0.2) is 0 Å². The Bertz CT molecular complexity index is 511. The zero-order valence-electron chi connectivity index (χ0n) is 12.3. The van der Waals surface area contributed by atoms with Crippen LogP contribution in [-0.2, 0) is 13.0 Å². The van der Waals surface area contributed by atoms with Crippen LogP contribution in [0, 0.1) is 0 Å². The molecule has 1 aromatic heterocycles. The molecular formula is C16H23N5. The fraction of sp³-hybridized carbons (Fsp3) is 0.500. The molecule has 1 aliphatic heterocycles. The maximum Gasteiger partial charge on any atom is 0.137 e. The smallest absolute Gasteiger partial charge is 0.137 e. The molecule has 5 nitrogen and oxygen atoms in total. The molecule has 1 aliphatic rings. The predicted molar refractivity (Wildman–Crippen MR) is 82.8 cm³/mol. The molecule has 0 spiro atoms. The molecule has 1 unspecified atom stereocenters. The lowest BCUT2D eigenvalue weighted by atomic mass is 10.0. The number of aromatic nitrogens is 3. The maximum absolute atomic E-state index is 4.15. The van der Waals surface area contributed by atoms with E-state index < -0.39 is 0 Å². The van der Waals surface area contributed by atoms with Crippen molar-refractivity contribution in [3.8, 4) is 0 Å². The summed E-state index contributed by atoms with van der Waals surface area (Å²) in [5.74, 6) is 0.958. The lowest BCUT2D eigenvalue weighted by Gasteiger charge is -2.33. The molecule has 0 saturated carbocycles. The molecule has 2 N–H and O–H groups in total. The van der Waals surface area contributed by atoms with E-state index >= 15 is 0 Å². The minimum atomic E-state index is 0.588. The van der Waals surface area contributed by atoms with Gasteiger partial charge in [-0.3, -0.25) is 10.00 Å². The first-order chi connectivity index (χ1) is 10.4. The zero-order chi connectivity index (χ0) is 14.3. The molecule has 0 aliphatic carbocycles. The van der Waals surface area contributed by atoms with Crippen LogP contribution in [0.1, 0.15) is 24.2 Å². The van der Waals surface area contributed by atoms with Crippen LogP contribution in [0.5, 0.6) is 0 Å². The second-order valence-electron chi connectivity index (χ2n) is 5.70. The highest BCUT2D eigenvalue weighted by molar-refractivity contribution is 5.14. The second-order valence-corrected chi connectivity index (χ2v) is 5.70. The highest BCUT2D eigenvalue weighted by Crippen LogP contribution is 2.13. The van der Waals surface area contributed by atoms with Gasteiger partial charge in [-0.2, -0.15) is 5.10 Å². The summed E-state index contributed by atoms with van der Waals surface area (Å²) < 4.78 is 0. The van der Waals surface area contributed by atoms with Gasteiger partial charge in [0.2, 0.25) is 0 Å². The summed E-state index contributed by atoms with van der Waals surface area (Å²) >= 11 is 0. The molecule has 2 aromatic rings. The molecule has 0 bridgehead atoms. The summed E-state index contributed by atoms with van der Waals surface area (Å²) in [6.07, 6.45) is 5.02. The van der Waals surface area contributed by atoms with Gasteiger partial charge in [0.25, 0.3) is 0 Å². The van der Waals surface area contributed by atoms with Crippen LogP contribution >= 0.6 is 0 Å². The van der Waals surface area contributed by atoms with E-state index in [1.807, 2.05) is 0 Å². The number of hydrogen-bond donors (Lipinski definition) is 2. The van der Waals surface area contributed by atoms with Crippen LogP contribution in [0.15, 0.2) is 36.7 Å². The number of nitrogens with zero attached hydrogens (tertiary/aromatic N) is 3. The molecule has 0 amide bonds. The van der Waals surface area contributed by atoms with Crippen LogP contribution in [0.25, 0.3) is 0 Å². The fourth-order valence-electron chi connectivity index (χ4n) is 2.95. The molecule has 21 heavy (non-hydrogen) atoms. The Morgan fingerprint density at radius 2 is 2.19 bits per heavy atom. The Balaban J connectivity index is 1.42. The van der Waals surface area contributed by atoms with Crippen molar-refractivity contribution < 1.29 is 0 Å². The number of piperidine rings is 1. The minimum Gasteiger partial charge on any atom is -0.312 e. The lowest BCUT2D eigenvalue weighted by Crippen LogP contribution is -2.45. The summed E-state index contributed by atoms with van der Waals surface area (Å²) in [4.78, 5) is 6.70. The van der Waals surface area contributed by atoms with Crippen LogP contribution in [0.2, 0.25) is 0 Å². The monoisotopic (exact) mass is 285 g/mol. The number of nitrogens with one attached hydrogen (secondary N) is 2. The molecule has 5 heteroatoms. The van der Waals surface area contributed by atoms with Crippen molar-refractivity contribution in [2.24, 2.45) is 0 Å². The second kappa shape index (κ2) is 7.33. The van der Waals surface area contributed by atoms with Gasteiger partial charge in [0.1, 0.15) is 12.2 Å². The summed E-state index contributed by atoms with van der Waals surface area (Å²) in [5, 5.41) is 10.4. The summed E-state index contributed by atoms with van der Waals surface area (Å²) in [7, 11) is 0. The molecule has 1 atom stereocenters. The maximum atomic E-state index is 4.15. The number of benzene rings is 1. The fourth-order valence-corrected chi connectivity index (χ4v) is 2.95. The van der Waals surface area contributed by atoms with Gasteiger partial charge < -0.3 is 5.32 Å². The van der Waals surface area contributed by atoms with E-state index in [4.69, 9.17) is 0 Å². The van der Waals surface area contributed by atoms with Crippen molar-refractivity contribution in [2.45, 2.75) is 31.8 Å². The van der Waals surface area contributed by atoms with Gasteiger partial charge in [-0.1, -0.05) is 30.3 Å². The quantitative estimate of drug-likeness (QED) is 0.846. The average molecular weight is 285 g/mol. The molecule has 3 rings (SSSR count). The van der Waals surface area contributed by atoms with Crippen LogP contribution < -0.4 is 5.32 Å². The van der Waals surface area contributed by atoms with Crippen molar-refractivity contribution in [1.29, 1.82) is 0 Å². The van der Waals surface area contributed by atoms with Gasteiger partial charge in [-0.05, 0) is 24.9 Å². The summed E-state index contributed by atoms with van der Waals surface area (Å²) in [6.45, 7) is 4.35. The van der Waals surface area contributed by atoms with Crippen LogP contribution in [0.4, 0.5) is 0 Å². The van der Waals surface area contributed by atoms with Crippen LogP contribution in [-0.4, -0.2) is 45.8 Å². The van der Waals surface area contributed by atoms with Crippen LogP contribution in [0.3, 0.4) is 0 Å². The van der Waals surface area contributed by atoms with Crippen molar-refractivity contribution in [3.63, 3.8) is 0 Å². The van der Waals surface area contributed by atoms with E-state index in [1.165, 1.54) is 24.9 Å². The highest BCUT2D eigenvalue weighted by Gasteiger charge is 2.19. The Hall–Kier alpha value is -1.72. The SMILES string of the molecule is c1ccc(CN2CCCC(NCCc3ncn[nH]3)C2)cc1. The zero-order valence-corrected chi connectivity index (χ0v) is 12.3. The first-order valence-corrected chi connectivity index (χ1v) is 7.74. The number of aromatic amines is 1.